The first kappa shape index (κ1) is 31.7. The molecule has 2 amide bonds. The van der Waals surface area contributed by atoms with E-state index in [4.69, 9.17) is 21.1 Å². The molecule has 5 rings (SSSR count). The third-order valence-electron chi connectivity index (χ3n) is 8.04. The summed E-state index contributed by atoms with van der Waals surface area (Å²) >= 11 is 6.13. The number of amides is 2. The van der Waals surface area contributed by atoms with E-state index in [1.165, 1.54) is 4.31 Å². The van der Waals surface area contributed by atoms with Crippen LogP contribution in [0.5, 0.6) is 11.5 Å². The second kappa shape index (κ2) is 14.3. The minimum Gasteiger partial charge on any atom is -0.454 e. The van der Waals surface area contributed by atoms with Gasteiger partial charge in [-0.2, -0.15) is 0 Å². The fourth-order valence-electron chi connectivity index (χ4n) is 5.75. The number of fused-ring (bicyclic) bond motifs is 1. The van der Waals surface area contributed by atoms with Gasteiger partial charge in [-0.3, -0.25) is 13.9 Å². The summed E-state index contributed by atoms with van der Waals surface area (Å²) in [5, 5.41) is 3.78. The van der Waals surface area contributed by atoms with Gasteiger partial charge in [0, 0.05) is 43.1 Å². The lowest BCUT2D eigenvalue weighted by Crippen LogP contribution is -2.52. The van der Waals surface area contributed by atoms with Crippen LogP contribution in [0.2, 0.25) is 5.02 Å². The molecule has 44 heavy (non-hydrogen) atoms. The van der Waals surface area contributed by atoms with Crippen molar-refractivity contribution in [3.63, 3.8) is 0 Å². The first-order valence-corrected chi connectivity index (χ1v) is 17.2. The first-order valence-electron chi connectivity index (χ1n) is 14.9. The third-order valence-corrected chi connectivity index (χ3v) is 9.48. The molecular formula is C33H38ClN3O6S. The predicted octanol–water partition coefficient (Wildman–Crippen LogP) is 5.31. The van der Waals surface area contributed by atoms with Crippen molar-refractivity contribution in [2.45, 2.75) is 63.6 Å². The van der Waals surface area contributed by atoms with Crippen molar-refractivity contribution in [1.29, 1.82) is 0 Å². The minimum absolute atomic E-state index is 0.0478. The number of ether oxygens (including phenoxy) is 2. The van der Waals surface area contributed by atoms with Gasteiger partial charge in [-0.25, -0.2) is 8.42 Å². The molecule has 1 aliphatic heterocycles. The SMILES string of the molecule is CS(=O)(=O)N(CCCC(=O)N(Cc1ccc(Cl)cc1)[C@@H](Cc1ccccc1)C(=O)NC1CCCC1)c1ccc2c(c1)OCO2. The summed E-state index contributed by atoms with van der Waals surface area (Å²) in [7, 11) is -3.65. The van der Waals surface area contributed by atoms with Crippen molar-refractivity contribution in [2.24, 2.45) is 0 Å². The Bertz CT molecular complexity index is 1550. The highest BCUT2D eigenvalue weighted by atomic mass is 35.5. The molecule has 0 spiro atoms. The third kappa shape index (κ3) is 8.24. The van der Waals surface area contributed by atoms with Crippen LogP contribution in [0.1, 0.15) is 49.7 Å². The van der Waals surface area contributed by atoms with Crippen molar-refractivity contribution in [2.75, 3.05) is 23.9 Å². The molecule has 0 unspecified atom stereocenters. The molecule has 0 bridgehead atoms. The number of carbonyl (C=O) groups is 2. The second-order valence-electron chi connectivity index (χ2n) is 11.3. The lowest BCUT2D eigenvalue weighted by Gasteiger charge is -2.33. The van der Waals surface area contributed by atoms with Crippen molar-refractivity contribution in [3.8, 4) is 11.5 Å². The number of anilines is 1. The maximum atomic E-state index is 14.0. The van der Waals surface area contributed by atoms with Gasteiger partial charge in [0.15, 0.2) is 11.5 Å². The number of benzene rings is 3. The first-order chi connectivity index (χ1) is 21.2. The molecule has 1 fully saturated rings. The fourth-order valence-corrected chi connectivity index (χ4v) is 6.84. The van der Waals surface area contributed by atoms with Crippen molar-refractivity contribution < 1.29 is 27.5 Å². The Morgan fingerprint density at radius 2 is 1.66 bits per heavy atom. The Hall–Kier alpha value is -3.76. The number of nitrogens with zero attached hydrogens (tertiary/aromatic N) is 2. The molecule has 11 heteroatoms. The summed E-state index contributed by atoms with van der Waals surface area (Å²) < 4.78 is 37.6. The largest absolute Gasteiger partial charge is 0.454 e. The molecule has 0 aromatic heterocycles. The Kier molecular flexibility index (Phi) is 10.3. The zero-order valence-electron chi connectivity index (χ0n) is 24.8. The maximum absolute atomic E-state index is 14.0. The minimum atomic E-state index is -3.65. The number of rotatable bonds is 13. The lowest BCUT2D eigenvalue weighted by molar-refractivity contribution is -0.141. The summed E-state index contributed by atoms with van der Waals surface area (Å²) in [6.07, 6.45) is 5.78. The number of hydrogen-bond acceptors (Lipinski definition) is 6. The van der Waals surface area contributed by atoms with Gasteiger partial charge in [-0.1, -0.05) is 66.9 Å². The highest BCUT2D eigenvalue weighted by Gasteiger charge is 2.32. The molecule has 3 aromatic rings. The Morgan fingerprint density at radius 3 is 2.36 bits per heavy atom. The molecule has 0 saturated heterocycles. The Balaban J connectivity index is 1.37. The molecule has 234 valence electrons. The monoisotopic (exact) mass is 639 g/mol. The van der Waals surface area contributed by atoms with E-state index in [1.807, 2.05) is 42.5 Å². The molecule has 1 aliphatic carbocycles. The number of sulfonamides is 1. The van der Waals surface area contributed by atoms with Crippen molar-refractivity contribution in [1.82, 2.24) is 10.2 Å². The van der Waals surface area contributed by atoms with Crippen molar-refractivity contribution >= 4 is 39.1 Å². The summed E-state index contributed by atoms with van der Waals surface area (Å²) in [5.74, 6) is 0.608. The molecule has 3 aromatic carbocycles. The summed E-state index contributed by atoms with van der Waals surface area (Å²) in [5.41, 5.74) is 2.21. The van der Waals surface area contributed by atoms with E-state index in [0.717, 1.165) is 43.1 Å². The topological polar surface area (TPSA) is 105 Å². The van der Waals surface area contributed by atoms with Crippen LogP contribution in [0.3, 0.4) is 0 Å². The van der Waals surface area contributed by atoms with E-state index < -0.39 is 16.1 Å². The van der Waals surface area contributed by atoms with Gasteiger partial charge in [0.1, 0.15) is 6.04 Å². The van der Waals surface area contributed by atoms with E-state index in [1.54, 1.807) is 35.2 Å². The molecule has 2 aliphatic rings. The molecule has 1 saturated carbocycles. The van der Waals surface area contributed by atoms with Gasteiger partial charge in [0.25, 0.3) is 0 Å². The molecule has 1 N–H and O–H groups in total. The van der Waals surface area contributed by atoms with Crippen LogP contribution in [-0.4, -0.2) is 56.8 Å². The van der Waals surface area contributed by atoms with Crippen LogP contribution in [0.4, 0.5) is 5.69 Å². The number of hydrogen-bond donors (Lipinski definition) is 1. The highest BCUT2D eigenvalue weighted by Crippen LogP contribution is 2.36. The summed E-state index contributed by atoms with van der Waals surface area (Å²) in [4.78, 5) is 29.5. The van der Waals surface area contributed by atoms with Crippen LogP contribution >= 0.6 is 11.6 Å². The van der Waals surface area contributed by atoms with Crippen LogP contribution in [0.15, 0.2) is 72.8 Å². The average molecular weight is 640 g/mol. The van der Waals surface area contributed by atoms with E-state index in [2.05, 4.69) is 5.32 Å². The molecule has 0 radical (unpaired) electrons. The van der Waals surface area contributed by atoms with E-state index in [-0.39, 0.29) is 50.6 Å². The predicted molar refractivity (Wildman–Crippen MR) is 170 cm³/mol. The van der Waals surface area contributed by atoms with Gasteiger partial charge >= 0.3 is 0 Å². The Labute approximate surface area is 264 Å². The van der Waals surface area contributed by atoms with Gasteiger partial charge in [0.2, 0.25) is 28.6 Å². The molecule has 9 nitrogen and oxygen atoms in total. The Morgan fingerprint density at radius 1 is 0.955 bits per heavy atom. The lowest BCUT2D eigenvalue weighted by atomic mass is 10.0. The van der Waals surface area contributed by atoms with Crippen LogP contribution < -0.4 is 19.1 Å². The fraction of sp³-hybridized carbons (Fsp3) is 0.394. The van der Waals surface area contributed by atoms with E-state index in [0.29, 0.717) is 28.6 Å². The average Bonchev–Trinajstić information content (AvgIpc) is 3.69. The normalized spacial score (nSPS) is 15.1. The van der Waals surface area contributed by atoms with Crippen LogP contribution in [0, 0.1) is 0 Å². The van der Waals surface area contributed by atoms with Gasteiger partial charge in [-0.15, -0.1) is 0 Å². The quantitative estimate of drug-likeness (QED) is 0.272. The summed E-state index contributed by atoms with van der Waals surface area (Å²) in [6, 6.07) is 21.2. The zero-order valence-corrected chi connectivity index (χ0v) is 26.4. The highest BCUT2D eigenvalue weighted by molar-refractivity contribution is 7.92. The number of carbonyl (C=O) groups excluding carboxylic acids is 2. The molecule has 1 atom stereocenters. The molecular weight excluding hydrogens is 602 g/mol. The van der Waals surface area contributed by atoms with Gasteiger partial charge < -0.3 is 19.7 Å². The van der Waals surface area contributed by atoms with Gasteiger partial charge in [-0.05, 0) is 54.7 Å². The van der Waals surface area contributed by atoms with E-state index >= 15 is 0 Å². The number of nitrogens with one attached hydrogen (secondary N) is 1. The maximum Gasteiger partial charge on any atom is 0.243 e. The smallest absolute Gasteiger partial charge is 0.243 e. The second-order valence-corrected chi connectivity index (χ2v) is 13.7. The van der Waals surface area contributed by atoms with Gasteiger partial charge in [0.05, 0.1) is 11.9 Å². The standard InChI is InChI=1S/C33H38ClN3O6S/c1-44(40,41)37(28-17-18-30-31(21-28)43-23-42-30)19-7-12-32(38)36(22-25-13-15-26(34)16-14-25)29(20-24-8-3-2-4-9-24)33(39)35-27-10-5-6-11-27/h2-4,8-9,13-18,21,27,29H,5-7,10-12,19-20,22-23H2,1H3,(H,35,39)/t29-/m0/s1. The molecule has 1 heterocycles. The zero-order chi connectivity index (χ0) is 31.1. The van der Waals surface area contributed by atoms with E-state index in [9.17, 15) is 18.0 Å². The van der Waals surface area contributed by atoms with Crippen LogP contribution in [0.25, 0.3) is 0 Å². The van der Waals surface area contributed by atoms with Crippen molar-refractivity contribution in [3.05, 3.63) is 88.9 Å². The summed E-state index contributed by atoms with van der Waals surface area (Å²) in [6.45, 7) is 0.369. The van der Waals surface area contributed by atoms with Crippen LogP contribution in [-0.2, 0) is 32.6 Å². The number of halogens is 1.